The first-order valence-corrected chi connectivity index (χ1v) is 8.15. The van der Waals surface area contributed by atoms with Crippen LogP contribution in [-0.2, 0) is 14.6 Å². The van der Waals surface area contributed by atoms with Gasteiger partial charge in [-0.3, -0.25) is 4.79 Å². The number of para-hydroxylation sites is 1. The number of carbonyl (C=O) groups is 1. The molecule has 1 rings (SSSR count). The maximum atomic E-state index is 12.3. The van der Waals surface area contributed by atoms with Gasteiger partial charge in [0.15, 0.2) is 9.84 Å². The number of halogens is 3. The first-order valence-electron chi connectivity index (χ1n) is 6.50. The summed E-state index contributed by atoms with van der Waals surface area (Å²) >= 11 is 0. The van der Waals surface area contributed by atoms with Crippen LogP contribution in [0.1, 0.15) is 6.42 Å². The molecule has 0 unspecified atom stereocenters. The Morgan fingerprint density at radius 3 is 2.58 bits per heavy atom. The molecule has 2 N–H and O–H groups in total. The number of alkyl halides is 3. The lowest BCUT2D eigenvalue weighted by atomic mass is 10.2. The monoisotopic (exact) mass is 364 g/mol. The van der Waals surface area contributed by atoms with Gasteiger partial charge in [-0.15, -0.1) is 13.2 Å². The molecule has 1 amide bonds. The molecule has 24 heavy (non-hydrogen) atoms. The van der Waals surface area contributed by atoms with Crippen LogP contribution >= 0.6 is 0 Å². The number of rotatable bonds is 7. The van der Waals surface area contributed by atoms with Crippen molar-refractivity contribution in [1.82, 2.24) is 5.32 Å². The molecular weight excluding hydrogens is 351 g/mol. The minimum absolute atomic E-state index is 0.330. The van der Waals surface area contributed by atoms with Crippen LogP contribution in [0.15, 0.2) is 29.2 Å². The van der Waals surface area contributed by atoms with E-state index in [4.69, 9.17) is 11.0 Å². The van der Waals surface area contributed by atoms with Crippen molar-refractivity contribution in [2.45, 2.75) is 23.7 Å². The molecule has 0 aromatic heterocycles. The van der Waals surface area contributed by atoms with Gasteiger partial charge in [-0.1, -0.05) is 18.2 Å². The third-order valence-electron chi connectivity index (χ3n) is 2.74. The van der Waals surface area contributed by atoms with E-state index in [0.29, 0.717) is 0 Å². The fourth-order valence-corrected chi connectivity index (χ4v) is 3.15. The number of hydrogen-bond acceptors (Lipinski definition) is 5. The zero-order valence-electron chi connectivity index (χ0n) is 12.1. The molecule has 0 aliphatic heterocycles. The summed E-state index contributed by atoms with van der Waals surface area (Å²) in [5, 5.41) is 10.4. The van der Waals surface area contributed by atoms with Crippen LogP contribution in [0.3, 0.4) is 0 Å². The van der Waals surface area contributed by atoms with Crippen LogP contribution < -0.4 is 10.1 Å². The Kier molecular flexibility index (Phi) is 6.56. The second kappa shape index (κ2) is 7.98. The van der Waals surface area contributed by atoms with Gasteiger partial charge in [0, 0.05) is 0 Å². The molecule has 0 aliphatic carbocycles. The number of amides is 1. The second-order valence-corrected chi connectivity index (χ2v) is 6.61. The largest absolute Gasteiger partial charge is 0.667 e. The van der Waals surface area contributed by atoms with Crippen molar-refractivity contribution >= 4 is 15.7 Å². The summed E-state index contributed by atoms with van der Waals surface area (Å²) in [6, 6.07) is 4.38. The molecule has 11 heteroatoms. The Labute approximate surface area is 136 Å². The normalized spacial score (nSPS) is 13.0. The average molecular weight is 364 g/mol. The predicted molar refractivity (Wildman–Crippen MR) is 76.5 cm³/mol. The van der Waals surface area contributed by atoms with Crippen LogP contribution in [0, 0.1) is 11.3 Å². The number of benzene rings is 1. The molecule has 7 nitrogen and oxygen atoms in total. The molecule has 0 saturated heterocycles. The Balaban J connectivity index is 2.87. The van der Waals surface area contributed by atoms with Gasteiger partial charge in [0.25, 0.3) is 0 Å². The fraction of sp³-hybridized carbons (Fsp3) is 0.385. The average Bonchev–Trinajstić information content (AvgIpc) is 2.49. The molecule has 132 valence electrons. The van der Waals surface area contributed by atoms with Crippen LogP contribution in [0.2, 0.25) is 0 Å². The van der Waals surface area contributed by atoms with Crippen LogP contribution in [-0.4, -0.2) is 39.0 Å². The molecule has 1 aromatic rings. The van der Waals surface area contributed by atoms with E-state index in [1.54, 1.807) is 6.07 Å². The highest BCUT2D eigenvalue weighted by molar-refractivity contribution is 7.91. The molecule has 0 spiro atoms. The van der Waals surface area contributed by atoms with Gasteiger partial charge in [-0.25, -0.2) is 8.42 Å². The van der Waals surface area contributed by atoms with Gasteiger partial charge in [-0.2, -0.15) is 5.26 Å². The van der Waals surface area contributed by atoms with Crippen LogP contribution in [0.25, 0.3) is 5.73 Å². The van der Waals surface area contributed by atoms with Crippen LogP contribution in [0.5, 0.6) is 5.75 Å². The molecule has 0 fully saturated rings. The molecular formula is C13H13F3N3O4S-. The molecule has 0 bridgehead atoms. The Hall–Kier alpha value is -2.32. The molecule has 0 aliphatic rings. The number of nitrogens with zero attached hydrogens (tertiary/aromatic N) is 1. The quantitative estimate of drug-likeness (QED) is 0.740. The zero-order valence-corrected chi connectivity index (χ0v) is 12.9. The lowest BCUT2D eigenvalue weighted by Gasteiger charge is -2.19. The van der Waals surface area contributed by atoms with Crippen molar-refractivity contribution in [3.8, 4) is 11.8 Å². The topological polar surface area (TPSA) is 120 Å². The SMILES string of the molecule is N#CCNC(=O)[C@@H]([NH-])CCS(=O)(=O)c1ccccc1OC(F)(F)F. The van der Waals surface area contributed by atoms with E-state index in [0.717, 1.165) is 12.1 Å². The van der Waals surface area contributed by atoms with E-state index >= 15 is 0 Å². The molecule has 0 saturated carbocycles. The number of ether oxygens (including phenoxy) is 1. The van der Waals surface area contributed by atoms with E-state index in [9.17, 15) is 26.4 Å². The fourth-order valence-electron chi connectivity index (χ4n) is 1.68. The predicted octanol–water partition coefficient (Wildman–Crippen LogP) is 1.81. The molecule has 0 radical (unpaired) electrons. The molecule has 0 heterocycles. The van der Waals surface area contributed by atoms with E-state index in [2.05, 4.69) is 10.1 Å². The first kappa shape index (κ1) is 19.7. The summed E-state index contributed by atoms with van der Waals surface area (Å²) < 4.78 is 65.0. The van der Waals surface area contributed by atoms with Crippen molar-refractivity contribution in [2.24, 2.45) is 0 Å². The summed E-state index contributed by atoms with van der Waals surface area (Å²) in [7, 11) is -4.20. The van der Waals surface area contributed by atoms with Gasteiger partial charge in [0.2, 0.25) is 5.91 Å². The van der Waals surface area contributed by atoms with E-state index in [1.165, 1.54) is 12.1 Å². The number of nitriles is 1. The highest BCUT2D eigenvalue weighted by Crippen LogP contribution is 2.30. The molecule has 1 aromatic carbocycles. The number of hydrogen-bond donors (Lipinski definition) is 1. The van der Waals surface area contributed by atoms with Gasteiger partial charge in [0.05, 0.1) is 11.8 Å². The second-order valence-electron chi connectivity index (χ2n) is 4.53. The maximum Gasteiger partial charge on any atom is 0.573 e. The van der Waals surface area contributed by atoms with Crippen molar-refractivity contribution in [2.75, 3.05) is 12.3 Å². The number of sulfone groups is 1. The minimum Gasteiger partial charge on any atom is -0.667 e. The van der Waals surface area contributed by atoms with Crippen LogP contribution in [0.4, 0.5) is 13.2 Å². The van der Waals surface area contributed by atoms with E-state index in [-0.39, 0.29) is 6.54 Å². The van der Waals surface area contributed by atoms with Crippen molar-refractivity contribution in [3.05, 3.63) is 30.0 Å². The van der Waals surface area contributed by atoms with Gasteiger partial charge in [-0.05, 0) is 18.6 Å². The van der Waals surface area contributed by atoms with E-state index < -0.39 is 51.0 Å². The van der Waals surface area contributed by atoms with Gasteiger partial charge >= 0.3 is 6.36 Å². The Bertz CT molecular complexity index is 729. The summed E-state index contributed by atoms with van der Waals surface area (Å²) in [4.78, 5) is 10.7. The Morgan fingerprint density at radius 1 is 1.38 bits per heavy atom. The highest BCUT2D eigenvalue weighted by Gasteiger charge is 2.33. The smallest absolute Gasteiger partial charge is 0.573 e. The third-order valence-corrected chi connectivity index (χ3v) is 4.52. The highest BCUT2D eigenvalue weighted by atomic mass is 32.2. The minimum atomic E-state index is -5.05. The maximum absolute atomic E-state index is 12.3. The number of carbonyl (C=O) groups excluding carboxylic acids is 1. The molecule has 1 atom stereocenters. The van der Waals surface area contributed by atoms with Gasteiger partial charge in [0.1, 0.15) is 17.2 Å². The van der Waals surface area contributed by atoms with Gasteiger partial charge < -0.3 is 15.8 Å². The van der Waals surface area contributed by atoms with Crippen molar-refractivity contribution in [3.63, 3.8) is 0 Å². The van der Waals surface area contributed by atoms with Crippen molar-refractivity contribution in [1.29, 1.82) is 5.26 Å². The number of nitrogens with one attached hydrogen (secondary N) is 2. The summed E-state index contributed by atoms with van der Waals surface area (Å²) in [6.07, 6.45) is -5.50. The Morgan fingerprint density at radius 2 is 2.00 bits per heavy atom. The first-order chi connectivity index (χ1) is 11.1. The summed E-state index contributed by atoms with van der Waals surface area (Å²) in [5.41, 5.74) is 7.50. The zero-order chi connectivity index (χ0) is 18.4. The standard InChI is InChI=1S/C13H13F3N3O4S/c14-13(15,16)23-10-3-1-2-4-11(10)24(21,22)8-5-9(18)12(20)19-7-6-17/h1-4,9,18H,5,7-8H2,(H,19,20)/q-1/t9-/m0/s1. The summed E-state index contributed by atoms with van der Waals surface area (Å²) in [6.45, 7) is -0.330. The third kappa shape index (κ3) is 6.05. The summed E-state index contributed by atoms with van der Waals surface area (Å²) in [5.74, 6) is -2.44. The van der Waals surface area contributed by atoms with Crippen molar-refractivity contribution < 1.29 is 31.1 Å². The lowest BCUT2D eigenvalue weighted by Crippen LogP contribution is -2.33. The van der Waals surface area contributed by atoms with E-state index in [1.807, 2.05) is 0 Å². The lowest BCUT2D eigenvalue weighted by molar-refractivity contribution is -0.275.